The van der Waals surface area contributed by atoms with Crippen LogP contribution in [-0.4, -0.2) is 25.6 Å². The number of aromatic nitrogens is 4. The maximum atomic E-state index is 15.1. The van der Waals surface area contributed by atoms with Crippen molar-refractivity contribution in [3.05, 3.63) is 83.1 Å². The van der Waals surface area contributed by atoms with Gasteiger partial charge in [-0.2, -0.15) is 10.4 Å². The number of nitrogens with zero attached hydrogens (tertiary/aromatic N) is 5. The zero-order chi connectivity index (χ0) is 25.4. The van der Waals surface area contributed by atoms with Crippen molar-refractivity contribution in [2.45, 2.75) is 63.3 Å². The number of rotatable bonds is 5. The van der Waals surface area contributed by atoms with Gasteiger partial charge in [0.15, 0.2) is 0 Å². The Hall–Kier alpha value is -3.70. The first-order chi connectivity index (χ1) is 17.3. The second-order valence-corrected chi connectivity index (χ2v) is 10.2. The van der Waals surface area contributed by atoms with E-state index in [4.69, 9.17) is 5.73 Å². The Kier molecular flexibility index (Phi) is 6.27. The molecule has 184 valence electrons. The van der Waals surface area contributed by atoms with Gasteiger partial charge in [-0.05, 0) is 86.1 Å². The van der Waals surface area contributed by atoms with Gasteiger partial charge in [0.25, 0.3) is 0 Å². The fourth-order valence-electron chi connectivity index (χ4n) is 5.09. The van der Waals surface area contributed by atoms with Crippen LogP contribution in [0.5, 0.6) is 0 Å². The summed E-state index contributed by atoms with van der Waals surface area (Å²) in [6, 6.07) is 10.1. The number of imidazole rings is 1. The van der Waals surface area contributed by atoms with Crippen molar-refractivity contribution in [2.75, 3.05) is 0 Å². The monoisotopic (exact) mass is 486 g/mol. The van der Waals surface area contributed by atoms with Gasteiger partial charge in [0.05, 0.1) is 34.5 Å². The van der Waals surface area contributed by atoms with E-state index in [1.807, 2.05) is 12.4 Å². The summed E-state index contributed by atoms with van der Waals surface area (Å²) in [7, 11) is 0. The minimum absolute atomic E-state index is 0.155. The van der Waals surface area contributed by atoms with E-state index in [9.17, 15) is 5.26 Å². The van der Waals surface area contributed by atoms with Crippen molar-refractivity contribution in [1.82, 2.24) is 19.6 Å². The van der Waals surface area contributed by atoms with Crippen LogP contribution < -0.4 is 5.73 Å². The van der Waals surface area contributed by atoms with Crippen molar-refractivity contribution in [1.29, 1.82) is 5.26 Å². The SMILES string of the molecule is CC(C)(C#N)c1cc(F)c(-c2ccc3cnc(Cc4cnccc4[C@@H]4CCC[C@H](N)C4)n3n2)c(F)c1. The summed E-state index contributed by atoms with van der Waals surface area (Å²) in [5, 5.41) is 13.9. The molecule has 4 aromatic rings. The fraction of sp³-hybridized carbons (Fsp3) is 0.357. The van der Waals surface area contributed by atoms with E-state index in [0.29, 0.717) is 18.2 Å². The van der Waals surface area contributed by atoms with Gasteiger partial charge in [-0.25, -0.2) is 18.3 Å². The Morgan fingerprint density at radius 1 is 1.14 bits per heavy atom. The van der Waals surface area contributed by atoms with Gasteiger partial charge in [-0.1, -0.05) is 6.42 Å². The highest BCUT2D eigenvalue weighted by molar-refractivity contribution is 5.63. The van der Waals surface area contributed by atoms with E-state index in [1.165, 1.54) is 17.7 Å². The molecule has 1 aliphatic carbocycles. The number of hydrogen-bond acceptors (Lipinski definition) is 5. The summed E-state index contributed by atoms with van der Waals surface area (Å²) < 4.78 is 31.8. The number of hydrogen-bond donors (Lipinski definition) is 1. The van der Waals surface area contributed by atoms with Crippen LogP contribution in [-0.2, 0) is 11.8 Å². The van der Waals surface area contributed by atoms with Gasteiger partial charge in [-0.3, -0.25) is 4.98 Å². The topological polar surface area (TPSA) is 92.9 Å². The Morgan fingerprint density at radius 3 is 2.64 bits per heavy atom. The van der Waals surface area contributed by atoms with E-state index in [0.717, 1.165) is 36.8 Å². The third-order valence-electron chi connectivity index (χ3n) is 7.20. The van der Waals surface area contributed by atoms with Gasteiger partial charge < -0.3 is 5.73 Å². The summed E-state index contributed by atoms with van der Waals surface area (Å²) in [4.78, 5) is 8.89. The van der Waals surface area contributed by atoms with Crippen molar-refractivity contribution in [3.8, 4) is 17.3 Å². The molecule has 2 N–H and O–H groups in total. The summed E-state index contributed by atoms with van der Waals surface area (Å²) in [5.41, 5.74) is 8.43. The number of nitriles is 1. The second kappa shape index (κ2) is 9.40. The van der Waals surface area contributed by atoms with Gasteiger partial charge >= 0.3 is 0 Å². The summed E-state index contributed by atoms with van der Waals surface area (Å²) in [6.45, 7) is 3.24. The highest BCUT2D eigenvalue weighted by Gasteiger charge is 2.26. The first kappa shape index (κ1) is 24.0. The molecule has 0 unspecified atom stereocenters. The van der Waals surface area contributed by atoms with Crippen LogP contribution in [0.3, 0.4) is 0 Å². The van der Waals surface area contributed by atoms with Crippen molar-refractivity contribution in [3.63, 3.8) is 0 Å². The predicted octanol–water partition coefficient (Wildman–Crippen LogP) is 5.45. The average molecular weight is 487 g/mol. The first-order valence-corrected chi connectivity index (χ1v) is 12.2. The normalized spacial score (nSPS) is 18.3. The van der Waals surface area contributed by atoms with Gasteiger partial charge in [0, 0.05) is 24.9 Å². The van der Waals surface area contributed by atoms with E-state index in [2.05, 4.69) is 27.2 Å². The smallest absolute Gasteiger partial charge is 0.135 e. The molecule has 1 aromatic carbocycles. The molecule has 0 radical (unpaired) electrons. The molecule has 8 heteroatoms. The molecule has 5 rings (SSSR count). The molecular formula is C28H28F2N6. The molecule has 0 bridgehead atoms. The first-order valence-electron chi connectivity index (χ1n) is 12.2. The van der Waals surface area contributed by atoms with Crippen LogP contribution in [0.4, 0.5) is 8.78 Å². The highest BCUT2D eigenvalue weighted by Crippen LogP contribution is 2.35. The number of fused-ring (bicyclic) bond motifs is 1. The largest absolute Gasteiger partial charge is 0.328 e. The van der Waals surface area contributed by atoms with Crippen molar-refractivity contribution in [2.24, 2.45) is 5.73 Å². The van der Waals surface area contributed by atoms with Gasteiger partial charge in [-0.15, -0.1) is 0 Å². The maximum absolute atomic E-state index is 15.1. The number of nitrogens with two attached hydrogens (primary N) is 1. The van der Waals surface area contributed by atoms with Crippen molar-refractivity contribution < 1.29 is 8.78 Å². The predicted molar refractivity (Wildman–Crippen MR) is 133 cm³/mol. The molecule has 3 heterocycles. The minimum Gasteiger partial charge on any atom is -0.328 e. The van der Waals surface area contributed by atoms with Gasteiger partial charge in [0.2, 0.25) is 0 Å². The van der Waals surface area contributed by atoms with E-state index >= 15 is 8.78 Å². The second-order valence-electron chi connectivity index (χ2n) is 10.2. The summed E-state index contributed by atoms with van der Waals surface area (Å²) in [6.07, 6.45) is 10.0. The number of halogens is 2. The fourth-order valence-corrected chi connectivity index (χ4v) is 5.09. The third-order valence-corrected chi connectivity index (χ3v) is 7.20. The lowest BCUT2D eigenvalue weighted by Gasteiger charge is -2.28. The van der Waals surface area contributed by atoms with Crippen LogP contribution in [0, 0.1) is 23.0 Å². The highest BCUT2D eigenvalue weighted by atomic mass is 19.1. The zero-order valence-corrected chi connectivity index (χ0v) is 20.4. The molecular weight excluding hydrogens is 458 g/mol. The molecule has 0 spiro atoms. The average Bonchev–Trinajstić information content (AvgIpc) is 3.26. The summed E-state index contributed by atoms with van der Waals surface area (Å²) in [5.74, 6) is -0.486. The molecule has 36 heavy (non-hydrogen) atoms. The lowest BCUT2D eigenvalue weighted by atomic mass is 9.80. The minimum atomic E-state index is -1.02. The zero-order valence-electron chi connectivity index (χ0n) is 20.4. The quantitative estimate of drug-likeness (QED) is 0.405. The van der Waals surface area contributed by atoms with E-state index < -0.39 is 17.0 Å². The Labute approximate surface area is 208 Å². The van der Waals surface area contributed by atoms with E-state index in [-0.39, 0.29) is 22.9 Å². The molecule has 2 atom stereocenters. The molecule has 0 aliphatic heterocycles. The van der Waals surface area contributed by atoms with Crippen LogP contribution >= 0.6 is 0 Å². The van der Waals surface area contributed by atoms with Crippen LogP contribution in [0.15, 0.2) is 48.9 Å². The van der Waals surface area contributed by atoms with Crippen molar-refractivity contribution >= 4 is 5.52 Å². The van der Waals surface area contributed by atoms with Crippen LogP contribution in [0.2, 0.25) is 0 Å². The molecule has 1 aliphatic rings. The van der Waals surface area contributed by atoms with E-state index in [1.54, 1.807) is 36.7 Å². The Balaban J connectivity index is 1.52. The Bertz CT molecular complexity index is 1450. The lowest BCUT2D eigenvalue weighted by Crippen LogP contribution is -2.27. The lowest BCUT2D eigenvalue weighted by molar-refractivity contribution is 0.392. The summed E-state index contributed by atoms with van der Waals surface area (Å²) >= 11 is 0. The molecule has 0 amide bonds. The molecule has 3 aromatic heterocycles. The van der Waals surface area contributed by atoms with Crippen LogP contribution in [0.1, 0.15) is 68.0 Å². The number of benzene rings is 1. The van der Waals surface area contributed by atoms with Gasteiger partial charge in [0.1, 0.15) is 17.5 Å². The molecule has 0 saturated heterocycles. The van der Waals surface area contributed by atoms with Crippen LogP contribution in [0.25, 0.3) is 16.8 Å². The number of pyridine rings is 1. The third kappa shape index (κ3) is 4.47. The Morgan fingerprint density at radius 2 is 1.92 bits per heavy atom. The molecule has 1 fully saturated rings. The standard InChI is InChI=1S/C28H28F2N6/c1-28(2,16-31)19-12-23(29)27(24(30)13-19)25-7-6-21-15-34-26(36(21)35-25)11-18-14-33-9-8-22(18)17-4-3-5-20(32)10-17/h6-9,12-15,17,20H,3-5,10-11,32H2,1-2H3/t17-,20+/m1/s1. The maximum Gasteiger partial charge on any atom is 0.135 e. The molecule has 6 nitrogen and oxygen atoms in total. The molecule has 1 saturated carbocycles.